The molecule has 144 valence electrons. The van der Waals surface area contributed by atoms with Crippen LogP contribution >= 0.6 is 11.6 Å². The minimum atomic E-state index is -0.553. The second-order valence-electron chi connectivity index (χ2n) is 6.49. The Morgan fingerprint density at radius 1 is 1.21 bits per heavy atom. The third kappa shape index (κ3) is 3.94. The molecule has 28 heavy (non-hydrogen) atoms. The van der Waals surface area contributed by atoms with Gasteiger partial charge in [-0.1, -0.05) is 11.6 Å². The Kier molecular flexibility index (Phi) is 5.16. The second-order valence-corrected chi connectivity index (χ2v) is 6.92. The van der Waals surface area contributed by atoms with Crippen molar-refractivity contribution >= 4 is 29.0 Å². The minimum Gasteiger partial charge on any atom is -0.354 e. The highest BCUT2D eigenvalue weighted by Crippen LogP contribution is 2.24. The van der Waals surface area contributed by atoms with Gasteiger partial charge >= 0.3 is 0 Å². The van der Waals surface area contributed by atoms with E-state index in [9.17, 15) is 9.18 Å². The highest BCUT2D eigenvalue weighted by molar-refractivity contribution is 6.30. The average molecular weight is 402 g/mol. The summed E-state index contributed by atoms with van der Waals surface area (Å²) in [6.45, 7) is 1.26. The van der Waals surface area contributed by atoms with E-state index < -0.39 is 5.82 Å². The number of rotatable bonds is 4. The third-order valence-electron chi connectivity index (χ3n) is 4.60. The highest BCUT2D eigenvalue weighted by atomic mass is 35.5. The zero-order valence-corrected chi connectivity index (χ0v) is 15.6. The maximum Gasteiger partial charge on any atom is 0.229 e. The molecule has 0 aliphatic carbocycles. The van der Waals surface area contributed by atoms with Crippen LogP contribution in [-0.4, -0.2) is 44.0 Å². The Morgan fingerprint density at radius 3 is 2.75 bits per heavy atom. The predicted molar refractivity (Wildman–Crippen MR) is 102 cm³/mol. The normalized spacial score (nSPS) is 16.8. The highest BCUT2D eigenvalue weighted by Gasteiger charge is 2.27. The summed E-state index contributed by atoms with van der Waals surface area (Å²) in [5, 5.41) is 15.4. The van der Waals surface area contributed by atoms with Crippen molar-refractivity contribution in [2.75, 3.05) is 23.3 Å². The molecule has 1 unspecified atom stereocenters. The number of carbonyl (C=O) groups is 1. The summed E-state index contributed by atoms with van der Waals surface area (Å²) >= 11 is 5.75. The monoisotopic (exact) mass is 401 g/mol. The molecule has 1 N–H and O–H groups in total. The van der Waals surface area contributed by atoms with Gasteiger partial charge in [0.2, 0.25) is 5.91 Å². The smallest absolute Gasteiger partial charge is 0.229 e. The summed E-state index contributed by atoms with van der Waals surface area (Å²) in [5.74, 6) is 0.187. The van der Waals surface area contributed by atoms with Gasteiger partial charge in [-0.3, -0.25) is 4.79 Å². The van der Waals surface area contributed by atoms with Crippen LogP contribution in [-0.2, 0) is 4.79 Å². The largest absolute Gasteiger partial charge is 0.354 e. The molecule has 1 aliphatic rings. The molecule has 0 bridgehead atoms. The Bertz CT molecular complexity index is 965. The van der Waals surface area contributed by atoms with Crippen molar-refractivity contribution < 1.29 is 9.18 Å². The molecule has 1 fully saturated rings. The van der Waals surface area contributed by atoms with E-state index in [-0.39, 0.29) is 22.5 Å². The minimum absolute atomic E-state index is 0.128. The number of carbonyl (C=O) groups excluding carboxylic acids is 1. The van der Waals surface area contributed by atoms with Crippen LogP contribution in [0.4, 0.5) is 15.9 Å². The fourth-order valence-electron chi connectivity index (χ4n) is 3.16. The number of piperidine rings is 1. The second kappa shape index (κ2) is 7.89. The van der Waals surface area contributed by atoms with Crippen LogP contribution in [0.1, 0.15) is 12.8 Å². The van der Waals surface area contributed by atoms with Crippen molar-refractivity contribution in [3.8, 4) is 5.82 Å². The van der Waals surface area contributed by atoms with Gasteiger partial charge in [-0.25, -0.2) is 14.1 Å². The van der Waals surface area contributed by atoms with Gasteiger partial charge in [-0.2, -0.15) is 5.10 Å². The maximum absolute atomic E-state index is 13.9. The van der Waals surface area contributed by atoms with E-state index in [1.54, 1.807) is 18.5 Å². The van der Waals surface area contributed by atoms with Gasteiger partial charge in [0.15, 0.2) is 11.6 Å². The fraction of sp³-hybridized carbons (Fsp3) is 0.278. The molecule has 4 rings (SSSR count). The lowest BCUT2D eigenvalue weighted by atomic mass is 9.97. The van der Waals surface area contributed by atoms with Crippen molar-refractivity contribution in [3.05, 3.63) is 53.8 Å². The molecule has 8 nitrogen and oxygen atoms in total. The van der Waals surface area contributed by atoms with Gasteiger partial charge in [0, 0.05) is 18.1 Å². The third-order valence-corrected chi connectivity index (χ3v) is 4.83. The maximum atomic E-state index is 13.9. The van der Waals surface area contributed by atoms with Gasteiger partial charge in [-0.15, -0.1) is 10.2 Å². The molecule has 1 saturated heterocycles. The standard InChI is InChI=1S/C18H17ClFN7O/c19-13-3-4-15(14(20)8-13)23-18(28)12-2-1-7-26(9-12)16-5-6-17(25-24-16)27-11-21-10-22-27/h3-6,8,10-12H,1-2,7,9H2,(H,23,28). The first-order valence-corrected chi connectivity index (χ1v) is 9.17. The van der Waals surface area contributed by atoms with E-state index in [4.69, 9.17) is 11.6 Å². The molecule has 3 heterocycles. The van der Waals surface area contributed by atoms with Crippen LogP contribution in [0.3, 0.4) is 0 Å². The SMILES string of the molecule is O=C(Nc1ccc(Cl)cc1F)C1CCCN(c2ccc(-n3cncn3)nn2)C1. The van der Waals surface area contributed by atoms with Gasteiger partial charge < -0.3 is 10.2 Å². The van der Waals surface area contributed by atoms with E-state index in [0.717, 1.165) is 19.4 Å². The van der Waals surface area contributed by atoms with Crippen LogP contribution in [0.25, 0.3) is 5.82 Å². The van der Waals surface area contributed by atoms with Crippen molar-refractivity contribution in [2.45, 2.75) is 12.8 Å². The molecule has 0 saturated carbocycles. The first-order chi connectivity index (χ1) is 13.6. The summed E-state index contributed by atoms with van der Waals surface area (Å²) in [6.07, 6.45) is 4.52. The number of hydrogen-bond acceptors (Lipinski definition) is 6. The topological polar surface area (TPSA) is 88.8 Å². The zero-order valence-electron chi connectivity index (χ0n) is 14.8. The van der Waals surface area contributed by atoms with E-state index in [1.165, 1.54) is 23.1 Å². The van der Waals surface area contributed by atoms with Gasteiger partial charge in [0.25, 0.3) is 0 Å². The fourth-order valence-corrected chi connectivity index (χ4v) is 3.32. The first-order valence-electron chi connectivity index (χ1n) is 8.80. The molecule has 3 aromatic rings. The van der Waals surface area contributed by atoms with E-state index >= 15 is 0 Å². The van der Waals surface area contributed by atoms with Crippen molar-refractivity contribution in [1.82, 2.24) is 25.0 Å². The predicted octanol–water partition coefficient (Wildman–Crippen LogP) is 2.70. The summed E-state index contributed by atoms with van der Waals surface area (Å²) in [7, 11) is 0. The van der Waals surface area contributed by atoms with Crippen molar-refractivity contribution in [1.29, 1.82) is 0 Å². The van der Waals surface area contributed by atoms with E-state index in [1.807, 2.05) is 11.0 Å². The van der Waals surface area contributed by atoms with Gasteiger partial charge in [0.05, 0.1) is 11.6 Å². The Morgan fingerprint density at radius 2 is 2.04 bits per heavy atom. The number of halogens is 2. The number of hydrogen-bond donors (Lipinski definition) is 1. The molecule has 0 spiro atoms. The number of nitrogens with one attached hydrogen (secondary N) is 1. The summed E-state index contributed by atoms with van der Waals surface area (Å²) in [4.78, 5) is 18.5. The molecule has 1 aromatic carbocycles. The van der Waals surface area contributed by atoms with Crippen LogP contribution in [0.2, 0.25) is 5.02 Å². The molecule has 1 atom stereocenters. The molecule has 1 aliphatic heterocycles. The summed E-state index contributed by atoms with van der Waals surface area (Å²) < 4.78 is 15.5. The quantitative estimate of drug-likeness (QED) is 0.723. The molecular weight excluding hydrogens is 385 g/mol. The summed E-state index contributed by atoms with van der Waals surface area (Å²) in [6, 6.07) is 7.81. The lowest BCUT2D eigenvalue weighted by Crippen LogP contribution is -2.41. The van der Waals surface area contributed by atoms with Crippen molar-refractivity contribution in [3.63, 3.8) is 0 Å². The first kappa shape index (κ1) is 18.3. The van der Waals surface area contributed by atoms with Gasteiger partial charge in [-0.05, 0) is 43.2 Å². The lowest BCUT2D eigenvalue weighted by molar-refractivity contribution is -0.120. The average Bonchev–Trinajstić information content (AvgIpc) is 3.25. The Labute approximate surface area is 165 Å². The molecule has 10 heteroatoms. The Hall–Kier alpha value is -3.07. The van der Waals surface area contributed by atoms with E-state index in [2.05, 4.69) is 25.6 Å². The van der Waals surface area contributed by atoms with Gasteiger partial charge in [0.1, 0.15) is 18.5 Å². The molecular formula is C18H17ClFN7O. The Balaban J connectivity index is 1.43. The number of amides is 1. The summed E-state index contributed by atoms with van der Waals surface area (Å²) in [5.41, 5.74) is 0.128. The van der Waals surface area contributed by atoms with Crippen LogP contribution in [0, 0.1) is 11.7 Å². The number of anilines is 2. The molecule has 0 radical (unpaired) electrons. The number of aromatic nitrogens is 5. The number of nitrogens with zero attached hydrogens (tertiary/aromatic N) is 6. The number of benzene rings is 1. The molecule has 1 amide bonds. The lowest BCUT2D eigenvalue weighted by Gasteiger charge is -2.32. The van der Waals surface area contributed by atoms with E-state index in [0.29, 0.717) is 18.2 Å². The van der Waals surface area contributed by atoms with Crippen LogP contribution in [0.5, 0.6) is 0 Å². The van der Waals surface area contributed by atoms with Crippen LogP contribution in [0.15, 0.2) is 43.0 Å². The van der Waals surface area contributed by atoms with Crippen LogP contribution < -0.4 is 10.2 Å². The zero-order chi connectivity index (χ0) is 19.5. The van der Waals surface area contributed by atoms with Crippen molar-refractivity contribution in [2.24, 2.45) is 5.92 Å². The molecule has 2 aromatic heterocycles.